The van der Waals surface area contributed by atoms with Crippen molar-refractivity contribution in [2.45, 2.75) is 39.0 Å². The van der Waals surface area contributed by atoms with Gasteiger partial charge in [0.1, 0.15) is 0 Å². The number of rotatable bonds is 1. The Morgan fingerprint density at radius 2 is 1.94 bits per heavy atom. The van der Waals surface area contributed by atoms with Crippen LogP contribution in [0, 0.1) is 23.2 Å². The molecule has 1 heteroatoms. The summed E-state index contributed by atoms with van der Waals surface area (Å²) in [5.41, 5.74) is 2.30. The van der Waals surface area contributed by atoms with Gasteiger partial charge in [-0.25, -0.2) is 0 Å². The molecule has 0 N–H and O–H groups in total. The van der Waals surface area contributed by atoms with Gasteiger partial charge in [0.25, 0.3) is 0 Å². The number of nitriles is 1. The van der Waals surface area contributed by atoms with Crippen LogP contribution in [-0.2, 0) is 0 Å². The molecule has 0 radical (unpaired) electrons. The van der Waals surface area contributed by atoms with Crippen LogP contribution >= 0.6 is 0 Å². The third kappa shape index (κ3) is 2.64. The first-order valence-corrected chi connectivity index (χ1v) is 6.27. The van der Waals surface area contributed by atoms with Gasteiger partial charge in [0.05, 0.1) is 6.07 Å². The van der Waals surface area contributed by atoms with E-state index in [2.05, 4.69) is 31.2 Å². The maximum absolute atomic E-state index is 8.87. The zero-order valence-corrected chi connectivity index (χ0v) is 9.95. The zero-order chi connectivity index (χ0) is 11.4. The fraction of sp³-hybridized carbons (Fsp3) is 0.533. The van der Waals surface area contributed by atoms with Gasteiger partial charge in [-0.2, -0.15) is 5.26 Å². The van der Waals surface area contributed by atoms with Crippen LogP contribution in [0.2, 0.25) is 0 Å². The van der Waals surface area contributed by atoms with Crippen LogP contribution in [0.3, 0.4) is 0 Å². The lowest BCUT2D eigenvalue weighted by Gasteiger charge is -2.26. The Morgan fingerprint density at radius 3 is 2.62 bits per heavy atom. The van der Waals surface area contributed by atoms with E-state index in [0.717, 1.165) is 23.8 Å². The SMILES string of the molecule is CC1CCC(C2=CC=C(C#N)CC=C2)CC1. The highest BCUT2D eigenvalue weighted by Crippen LogP contribution is 2.34. The van der Waals surface area contributed by atoms with Crippen LogP contribution in [-0.4, -0.2) is 0 Å². The van der Waals surface area contributed by atoms with E-state index in [1.54, 1.807) is 0 Å². The second-order valence-electron chi connectivity index (χ2n) is 5.03. The monoisotopic (exact) mass is 213 g/mol. The van der Waals surface area contributed by atoms with E-state index < -0.39 is 0 Å². The lowest BCUT2D eigenvalue weighted by atomic mass is 9.79. The summed E-state index contributed by atoms with van der Waals surface area (Å²) in [7, 11) is 0. The van der Waals surface area contributed by atoms with Crippen molar-refractivity contribution in [2.24, 2.45) is 11.8 Å². The third-order valence-corrected chi connectivity index (χ3v) is 3.76. The molecule has 0 atom stereocenters. The van der Waals surface area contributed by atoms with E-state index in [1.807, 2.05) is 6.08 Å². The number of hydrogen-bond acceptors (Lipinski definition) is 1. The summed E-state index contributed by atoms with van der Waals surface area (Å²) in [5.74, 6) is 1.62. The molecule has 2 aliphatic carbocycles. The maximum Gasteiger partial charge on any atom is 0.0950 e. The predicted octanol–water partition coefficient (Wildman–Crippen LogP) is 4.15. The van der Waals surface area contributed by atoms with Gasteiger partial charge in [-0.3, -0.25) is 0 Å². The molecular formula is C15H19N. The average molecular weight is 213 g/mol. The molecule has 0 unspecified atom stereocenters. The quantitative estimate of drug-likeness (QED) is 0.642. The lowest BCUT2D eigenvalue weighted by molar-refractivity contribution is 0.323. The fourth-order valence-electron chi connectivity index (χ4n) is 2.59. The molecular weight excluding hydrogens is 194 g/mol. The molecule has 0 spiro atoms. The van der Waals surface area contributed by atoms with Gasteiger partial charge in [0, 0.05) is 12.0 Å². The highest BCUT2D eigenvalue weighted by molar-refractivity contribution is 5.37. The van der Waals surface area contributed by atoms with E-state index in [1.165, 1.54) is 31.3 Å². The first kappa shape index (κ1) is 11.2. The molecule has 0 bridgehead atoms. The van der Waals surface area contributed by atoms with Gasteiger partial charge >= 0.3 is 0 Å². The minimum absolute atomic E-state index is 0.724. The van der Waals surface area contributed by atoms with Crippen LogP contribution in [0.1, 0.15) is 39.0 Å². The molecule has 0 saturated heterocycles. The fourth-order valence-corrected chi connectivity index (χ4v) is 2.59. The Kier molecular flexibility index (Phi) is 3.62. The Morgan fingerprint density at radius 1 is 1.19 bits per heavy atom. The highest BCUT2D eigenvalue weighted by Gasteiger charge is 2.20. The van der Waals surface area contributed by atoms with Crippen LogP contribution in [0.25, 0.3) is 0 Å². The second kappa shape index (κ2) is 5.16. The molecule has 0 amide bonds. The van der Waals surface area contributed by atoms with Crippen LogP contribution in [0.4, 0.5) is 0 Å². The Bertz CT molecular complexity index is 371. The Balaban J connectivity index is 2.07. The zero-order valence-electron chi connectivity index (χ0n) is 9.95. The van der Waals surface area contributed by atoms with Crippen LogP contribution < -0.4 is 0 Å². The van der Waals surface area contributed by atoms with E-state index in [0.29, 0.717) is 0 Å². The molecule has 1 fully saturated rings. The number of nitrogens with zero attached hydrogens (tertiary/aromatic N) is 1. The average Bonchev–Trinajstić information content (AvgIpc) is 2.55. The van der Waals surface area contributed by atoms with Crippen molar-refractivity contribution >= 4 is 0 Å². The summed E-state index contributed by atoms with van der Waals surface area (Å²) < 4.78 is 0. The van der Waals surface area contributed by atoms with Crippen LogP contribution in [0.5, 0.6) is 0 Å². The predicted molar refractivity (Wildman–Crippen MR) is 66.7 cm³/mol. The first-order valence-electron chi connectivity index (χ1n) is 6.27. The van der Waals surface area contributed by atoms with E-state index >= 15 is 0 Å². The third-order valence-electron chi connectivity index (χ3n) is 3.76. The molecule has 1 saturated carbocycles. The van der Waals surface area contributed by atoms with Crippen molar-refractivity contribution in [1.82, 2.24) is 0 Å². The maximum atomic E-state index is 8.87. The van der Waals surface area contributed by atoms with Crippen molar-refractivity contribution in [3.8, 4) is 6.07 Å². The van der Waals surface area contributed by atoms with Crippen molar-refractivity contribution in [1.29, 1.82) is 5.26 Å². The Hall–Kier alpha value is -1.29. The summed E-state index contributed by atoms with van der Waals surface area (Å²) in [4.78, 5) is 0. The van der Waals surface area contributed by atoms with Crippen LogP contribution in [0.15, 0.2) is 35.5 Å². The molecule has 0 aliphatic heterocycles. The largest absolute Gasteiger partial charge is 0.193 e. The van der Waals surface area contributed by atoms with Gasteiger partial charge in [0.15, 0.2) is 0 Å². The van der Waals surface area contributed by atoms with Gasteiger partial charge in [-0.05, 0) is 36.3 Å². The number of allylic oxidation sites excluding steroid dienone is 6. The van der Waals surface area contributed by atoms with Gasteiger partial charge in [-0.15, -0.1) is 0 Å². The molecule has 2 rings (SSSR count). The van der Waals surface area contributed by atoms with Crippen molar-refractivity contribution < 1.29 is 0 Å². The molecule has 2 aliphatic rings. The van der Waals surface area contributed by atoms with E-state index in [-0.39, 0.29) is 0 Å². The second-order valence-corrected chi connectivity index (χ2v) is 5.03. The molecule has 0 heterocycles. The molecule has 0 aromatic heterocycles. The summed E-state index contributed by atoms with van der Waals surface area (Å²) in [6.45, 7) is 2.35. The minimum atomic E-state index is 0.724. The topological polar surface area (TPSA) is 23.8 Å². The standard InChI is InChI=1S/C15H19N/c1-12-5-8-15(9-6-12)14-4-2-3-13(11-16)7-10-14/h2,4,7,10,12,15H,3,5-6,8-9H2,1H3. The smallest absolute Gasteiger partial charge is 0.0950 e. The molecule has 84 valence electrons. The number of hydrogen-bond donors (Lipinski definition) is 0. The lowest BCUT2D eigenvalue weighted by Crippen LogP contribution is -2.13. The van der Waals surface area contributed by atoms with E-state index in [4.69, 9.17) is 5.26 Å². The normalized spacial score (nSPS) is 30.0. The first-order chi connectivity index (χ1) is 7.79. The van der Waals surface area contributed by atoms with Gasteiger partial charge in [-0.1, -0.05) is 38.0 Å². The van der Waals surface area contributed by atoms with Crippen molar-refractivity contribution in [3.63, 3.8) is 0 Å². The Labute approximate surface area is 98.2 Å². The molecule has 16 heavy (non-hydrogen) atoms. The van der Waals surface area contributed by atoms with Crippen molar-refractivity contribution in [2.75, 3.05) is 0 Å². The summed E-state index contributed by atoms with van der Waals surface area (Å²) in [6.07, 6.45) is 14.6. The van der Waals surface area contributed by atoms with Gasteiger partial charge in [0.2, 0.25) is 0 Å². The summed E-state index contributed by atoms with van der Waals surface area (Å²) >= 11 is 0. The molecule has 0 aromatic rings. The minimum Gasteiger partial charge on any atom is -0.193 e. The van der Waals surface area contributed by atoms with E-state index in [9.17, 15) is 0 Å². The van der Waals surface area contributed by atoms with Gasteiger partial charge < -0.3 is 0 Å². The molecule has 0 aromatic carbocycles. The highest BCUT2D eigenvalue weighted by atomic mass is 14.3. The summed E-state index contributed by atoms with van der Waals surface area (Å²) in [5, 5.41) is 8.87. The summed E-state index contributed by atoms with van der Waals surface area (Å²) in [6, 6.07) is 2.24. The van der Waals surface area contributed by atoms with Crippen molar-refractivity contribution in [3.05, 3.63) is 35.5 Å². The molecule has 1 nitrogen and oxygen atoms in total.